The van der Waals surface area contributed by atoms with Crippen molar-refractivity contribution in [1.29, 1.82) is 0 Å². The summed E-state index contributed by atoms with van der Waals surface area (Å²) < 4.78 is 0. The van der Waals surface area contributed by atoms with E-state index in [0.29, 0.717) is 40.9 Å². The van der Waals surface area contributed by atoms with E-state index in [4.69, 9.17) is 0 Å². The molecular formula is C30H52O3. The van der Waals surface area contributed by atoms with E-state index in [0.717, 1.165) is 25.7 Å². The van der Waals surface area contributed by atoms with Crippen LogP contribution in [0.4, 0.5) is 0 Å². The van der Waals surface area contributed by atoms with Crippen molar-refractivity contribution in [2.24, 2.45) is 45.3 Å². The third kappa shape index (κ3) is 3.70. The molecule has 3 N–H and O–H groups in total. The molecule has 3 fully saturated rings. The molecule has 0 aliphatic heterocycles. The smallest absolute Gasteiger partial charge is 0.0849 e. The minimum absolute atomic E-state index is 0.00920. The molecule has 0 radical (unpaired) electrons. The molecule has 4 rings (SSSR count). The van der Waals surface area contributed by atoms with E-state index >= 15 is 0 Å². The van der Waals surface area contributed by atoms with Gasteiger partial charge in [0.05, 0.1) is 17.8 Å². The molecule has 0 aromatic heterocycles. The van der Waals surface area contributed by atoms with Crippen LogP contribution in [0, 0.1) is 45.3 Å². The number of aliphatic hydroxyl groups excluding tert-OH is 2. The van der Waals surface area contributed by atoms with Gasteiger partial charge in [-0.1, -0.05) is 53.2 Å². The van der Waals surface area contributed by atoms with Gasteiger partial charge >= 0.3 is 0 Å². The van der Waals surface area contributed by atoms with Gasteiger partial charge in [-0.25, -0.2) is 0 Å². The minimum Gasteiger partial charge on any atom is -0.393 e. The second-order valence-electron chi connectivity index (χ2n) is 14.5. The Morgan fingerprint density at radius 3 is 2.30 bits per heavy atom. The summed E-state index contributed by atoms with van der Waals surface area (Å²) in [6, 6.07) is 0. The summed E-state index contributed by atoms with van der Waals surface area (Å²) >= 11 is 0. The molecule has 0 spiro atoms. The lowest BCUT2D eigenvalue weighted by Gasteiger charge is -2.64. The predicted molar refractivity (Wildman–Crippen MR) is 136 cm³/mol. The fourth-order valence-corrected chi connectivity index (χ4v) is 9.63. The summed E-state index contributed by atoms with van der Waals surface area (Å²) in [5.74, 6) is 2.46. The Bertz CT molecular complexity index is 778. The first-order chi connectivity index (χ1) is 15.1. The van der Waals surface area contributed by atoms with Gasteiger partial charge in [0, 0.05) is 0 Å². The number of aliphatic hydroxyl groups is 3. The van der Waals surface area contributed by atoms with Gasteiger partial charge in [-0.2, -0.15) is 0 Å². The highest BCUT2D eigenvalue weighted by Crippen LogP contribution is 2.73. The highest BCUT2D eigenvalue weighted by molar-refractivity contribution is 5.33. The summed E-state index contributed by atoms with van der Waals surface area (Å²) in [5, 5.41) is 31.4. The van der Waals surface area contributed by atoms with Crippen LogP contribution in [-0.2, 0) is 0 Å². The van der Waals surface area contributed by atoms with Gasteiger partial charge in [-0.3, -0.25) is 0 Å². The molecule has 9 unspecified atom stereocenters. The second kappa shape index (κ2) is 8.07. The van der Waals surface area contributed by atoms with Gasteiger partial charge in [0.15, 0.2) is 0 Å². The minimum atomic E-state index is -1.02. The fraction of sp³-hybridized carbons (Fsp3) is 0.933. The van der Waals surface area contributed by atoms with Crippen LogP contribution in [0.15, 0.2) is 11.6 Å². The third-order valence-electron chi connectivity index (χ3n) is 12.3. The maximum absolute atomic E-state index is 10.8. The number of rotatable bonds is 5. The van der Waals surface area contributed by atoms with Gasteiger partial charge in [0.2, 0.25) is 0 Å². The maximum atomic E-state index is 10.8. The second-order valence-corrected chi connectivity index (χ2v) is 14.5. The molecule has 33 heavy (non-hydrogen) atoms. The number of hydrogen-bond donors (Lipinski definition) is 3. The van der Waals surface area contributed by atoms with Crippen LogP contribution < -0.4 is 0 Å². The fourth-order valence-electron chi connectivity index (χ4n) is 9.63. The Hall–Kier alpha value is -0.380. The molecule has 3 saturated carbocycles. The monoisotopic (exact) mass is 460 g/mol. The van der Waals surface area contributed by atoms with Crippen LogP contribution in [0.2, 0.25) is 0 Å². The van der Waals surface area contributed by atoms with Crippen molar-refractivity contribution in [2.45, 2.75) is 131 Å². The predicted octanol–water partition coefficient (Wildman–Crippen LogP) is 6.50. The summed E-state index contributed by atoms with van der Waals surface area (Å²) in [6.45, 7) is 18.2. The average molecular weight is 461 g/mol. The Kier molecular flexibility index (Phi) is 6.28. The first-order valence-corrected chi connectivity index (χ1v) is 13.9. The van der Waals surface area contributed by atoms with Gasteiger partial charge in [-0.05, 0) is 117 Å². The lowest BCUT2D eigenvalue weighted by molar-refractivity contribution is -0.131. The van der Waals surface area contributed by atoms with E-state index in [1.54, 1.807) is 19.4 Å². The first-order valence-electron chi connectivity index (χ1n) is 13.9. The summed E-state index contributed by atoms with van der Waals surface area (Å²) in [7, 11) is 0. The van der Waals surface area contributed by atoms with Crippen molar-refractivity contribution in [3.63, 3.8) is 0 Å². The maximum Gasteiger partial charge on any atom is 0.0849 e. The molecule has 9 atom stereocenters. The molecule has 3 heteroatoms. The largest absolute Gasteiger partial charge is 0.393 e. The van der Waals surface area contributed by atoms with Gasteiger partial charge in [0.25, 0.3) is 0 Å². The zero-order valence-corrected chi connectivity index (χ0v) is 22.7. The van der Waals surface area contributed by atoms with Gasteiger partial charge < -0.3 is 15.3 Å². The molecular weight excluding hydrogens is 408 g/mol. The van der Waals surface area contributed by atoms with E-state index in [1.807, 2.05) is 0 Å². The molecule has 0 saturated heterocycles. The van der Waals surface area contributed by atoms with Gasteiger partial charge in [-0.15, -0.1) is 0 Å². The van der Waals surface area contributed by atoms with E-state index in [2.05, 4.69) is 47.6 Å². The van der Waals surface area contributed by atoms with Crippen LogP contribution in [0.5, 0.6) is 0 Å². The van der Waals surface area contributed by atoms with E-state index < -0.39 is 11.7 Å². The Morgan fingerprint density at radius 2 is 1.67 bits per heavy atom. The number of hydrogen-bond acceptors (Lipinski definition) is 3. The van der Waals surface area contributed by atoms with E-state index in [9.17, 15) is 15.3 Å². The zero-order chi connectivity index (χ0) is 24.6. The summed E-state index contributed by atoms with van der Waals surface area (Å²) in [4.78, 5) is 0. The summed E-state index contributed by atoms with van der Waals surface area (Å²) in [6.07, 6.45) is 11.8. The van der Waals surface area contributed by atoms with Crippen LogP contribution in [0.25, 0.3) is 0 Å². The van der Waals surface area contributed by atoms with Crippen molar-refractivity contribution in [1.82, 2.24) is 0 Å². The zero-order valence-electron chi connectivity index (χ0n) is 22.7. The number of fused-ring (bicyclic) bond motifs is 5. The van der Waals surface area contributed by atoms with E-state index in [1.165, 1.54) is 25.7 Å². The highest BCUT2D eigenvalue weighted by Gasteiger charge is 2.65. The quantitative estimate of drug-likeness (QED) is 0.410. The molecule has 0 amide bonds. The van der Waals surface area contributed by atoms with Crippen molar-refractivity contribution >= 4 is 0 Å². The van der Waals surface area contributed by atoms with Crippen LogP contribution >= 0.6 is 0 Å². The van der Waals surface area contributed by atoms with Crippen molar-refractivity contribution < 1.29 is 15.3 Å². The van der Waals surface area contributed by atoms with Crippen LogP contribution in [0.3, 0.4) is 0 Å². The van der Waals surface area contributed by atoms with Crippen molar-refractivity contribution in [2.75, 3.05) is 0 Å². The Balaban J connectivity index is 1.58. The Labute approximate surface area is 203 Å². The average Bonchev–Trinajstić information content (AvgIpc) is 3.00. The number of allylic oxidation sites excluding steroid dienone is 2. The topological polar surface area (TPSA) is 60.7 Å². The van der Waals surface area contributed by atoms with Crippen molar-refractivity contribution in [3.8, 4) is 0 Å². The van der Waals surface area contributed by atoms with Crippen LogP contribution in [0.1, 0.15) is 113 Å². The lowest BCUT2D eigenvalue weighted by Crippen LogP contribution is -2.58. The molecule has 0 aromatic rings. The molecule has 0 heterocycles. The highest BCUT2D eigenvalue weighted by atomic mass is 16.3. The normalized spacial score (nSPS) is 46.6. The SMILES string of the molecule is CC(CCC(O)C(C)(C)O)C1CCC2(C)C3=CCC4C(C)(C)C(O)CCC4(C)C3CCC12C. The lowest BCUT2D eigenvalue weighted by atomic mass is 9.41. The molecule has 190 valence electrons. The molecule has 4 aliphatic carbocycles. The molecule has 3 nitrogen and oxygen atoms in total. The third-order valence-corrected chi connectivity index (χ3v) is 12.3. The standard InChI is InChI=1S/C30H52O3/c1-19(9-12-25(32)27(4,5)33)20-13-17-30(8)22-10-11-23-26(2,3)24(31)15-16-28(23,6)21(22)14-18-29(20,30)7/h10,19-21,23-25,31-33H,9,11-18H2,1-8H3. The molecule has 0 bridgehead atoms. The Morgan fingerprint density at radius 1 is 1.00 bits per heavy atom. The van der Waals surface area contributed by atoms with Gasteiger partial charge in [0.1, 0.15) is 0 Å². The van der Waals surface area contributed by atoms with Crippen molar-refractivity contribution in [3.05, 3.63) is 11.6 Å². The van der Waals surface area contributed by atoms with Crippen LogP contribution in [-0.4, -0.2) is 33.1 Å². The summed E-state index contributed by atoms with van der Waals surface area (Å²) in [5.41, 5.74) is 1.60. The first kappa shape index (κ1) is 25.7. The molecule has 4 aliphatic rings. The molecule has 0 aromatic carbocycles. The van der Waals surface area contributed by atoms with E-state index in [-0.39, 0.29) is 16.9 Å².